The van der Waals surface area contributed by atoms with Gasteiger partial charge in [-0.05, 0) is 92.9 Å². The number of carbonyl (C=O) groups excluding carboxylic acids is 3. The number of anilines is 1. The van der Waals surface area contributed by atoms with Crippen molar-refractivity contribution in [2.45, 2.75) is 78.7 Å². The van der Waals surface area contributed by atoms with Crippen molar-refractivity contribution in [3.05, 3.63) is 47.7 Å². The van der Waals surface area contributed by atoms with Gasteiger partial charge >= 0.3 is 5.97 Å². The van der Waals surface area contributed by atoms with Gasteiger partial charge in [-0.25, -0.2) is 10.8 Å². The number of nitrogens with zero attached hydrogens (tertiary/aromatic N) is 1. The highest BCUT2D eigenvalue weighted by atomic mass is 16.6. The summed E-state index contributed by atoms with van der Waals surface area (Å²) in [6, 6.07) is 5.49. The van der Waals surface area contributed by atoms with Crippen LogP contribution < -0.4 is 11.3 Å². The van der Waals surface area contributed by atoms with Gasteiger partial charge in [0.15, 0.2) is 17.2 Å². The minimum Gasteiger partial charge on any atom is -0.451 e. The third-order valence-electron chi connectivity index (χ3n) is 9.65. The standard InChI is InChI=1S/C24H32O4.C5H7N3/c1-14-12-18-19(22(4)9-6-17(27)13-21(14)22)7-10-23(5)20(18)8-11-24(23,15(2)25)28-16(3)26;6-8-5-3-1-2-4-7-5/h12-13,18-20H,6-11H2,1-5H3;1-4H,6H2,(H,7,8)/t18-,19+,20+,22-,23+,24+;/m1./s1. The molecule has 0 saturated heterocycles. The highest BCUT2D eigenvalue weighted by Crippen LogP contribution is 2.67. The summed E-state index contributed by atoms with van der Waals surface area (Å²) < 4.78 is 5.82. The zero-order valence-electron chi connectivity index (χ0n) is 22.1. The van der Waals surface area contributed by atoms with E-state index in [1.54, 1.807) is 19.2 Å². The predicted molar refractivity (Wildman–Crippen MR) is 138 cm³/mol. The zero-order chi connectivity index (χ0) is 26.3. The van der Waals surface area contributed by atoms with Crippen LogP contribution in [0.2, 0.25) is 0 Å². The molecule has 1 aromatic rings. The predicted octanol–water partition coefficient (Wildman–Crippen LogP) is 4.94. The van der Waals surface area contributed by atoms with Gasteiger partial charge in [0.05, 0.1) is 0 Å². The fourth-order valence-electron chi connectivity index (χ4n) is 7.93. The first kappa shape index (κ1) is 26.3. The molecule has 4 aliphatic rings. The molecule has 7 heteroatoms. The number of Topliss-reactive ketones (excluding diaryl/α,β-unsaturated/α-hetero) is 1. The molecule has 0 aromatic carbocycles. The summed E-state index contributed by atoms with van der Waals surface area (Å²) in [4.78, 5) is 40.6. The molecule has 1 aromatic heterocycles. The number of esters is 1. The molecule has 0 bridgehead atoms. The van der Waals surface area contributed by atoms with E-state index in [0.717, 1.165) is 25.7 Å². The number of ether oxygens (including phenoxy) is 1. The summed E-state index contributed by atoms with van der Waals surface area (Å²) in [6.07, 6.45) is 10.9. The third kappa shape index (κ3) is 4.11. The number of allylic oxidation sites excluding steroid dienone is 4. The van der Waals surface area contributed by atoms with Gasteiger partial charge in [0.2, 0.25) is 0 Å². The normalized spacial score (nSPS) is 36.6. The first-order valence-corrected chi connectivity index (χ1v) is 13.0. The van der Waals surface area contributed by atoms with Gasteiger partial charge in [0, 0.05) is 25.0 Å². The van der Waals surface area contributed by atoms with Crippen LogP contribution in [0.25, 0.3) is 0 Å². The zero-order valence-corrected chi connectivity index (χ0v) is 22.1. The van der Waals surface area contributed by atoms with Crippen molar-refractivity contribution in [3.8, 4) is 0 Å². The van der Waals surface area contributed by atoms with Gasteiger partial charge < -0.3 is 10.2 Å². The Hall–Kier alpha value is -2.80. The molecule has 1 heterocycles. The molecule has 0 unspecified atom stereocenters. The van der Waals surface area contributed by atoms with Gasteiger partial charge in [-0.2, -0.15) is 0 Å². The van der Waals surface area contributed by atoms with Crippen molar-refractivity contribution < 1.29 is 19.1 Å². The Kier molecular flexibility index (Phi) is 6.99. The van der Waals surface area contributed by atoms with Crippen LogP contribution in [0.15, 0.2) is 47.7 Å². The average Bonchev–Trinajstić information content (AvgIpc) is 3.14. The molecular weight excluding hydrogens is 454 g/mol. The molecule has 2 saturated carbocycles. The first-order valence-electron chi connectivity index (χ1n) is 13.0. The quantitative estimate of drug-likeness (QED) is 0.348. The number of fused-ring (bicyclic) bond motifs is 5. The fraction of sp³-hybridized carbons (Fsp3) is 0.586. The maximum absolute atomic E-state index is 12.8. The minimum atomic E-state index is -0.990. The second-order valence-corrected chi connectivity index (χ2v) is 11.4. The number of rotatable bonds is 3. The number of hydrogen-bond donors (Lipinski definition) is 2. The minimum absolute atomic E-state index is 0.0160. The van der Waals surface area contributed by atoms with Crippen LogP contribution in [0.1, 0.15) is 73.1 Å². The number of nitrogens with one attached hydrogen (secondary N) is 1. The number of pyridine rings is 1. The molecular formula is C29H39N3O4. The molecule has 5 rings (SSSR count). The van der Waals surface area contributed by atoms with Crippen molar-refractivity contribution in [3.63, 3.8) is 0 Å². The second-order valence-electron chi connectivity index (χ2n) is 11.4. The maximum Gasteiger partial charge on any atom is 0.303 e. The molecule has 4 aliphatic carbocycles. The van der Waals surface area contributed by atoms with Gasteiger partial charge in [0.25, 0.3) is 0 Å². The Morgan fingerprint density at radius 1 is 1.11 bits per heavy atom. The molecule has 7 nitrogen and oxygen atoms in total. The molecule has 0 spiro atoms. The Labute approximate surface area is 213 Å². The van der Waals surface area contributed by atoms with E-state index in [9.17, 15) is 14.4 Å². The summed E-state index contributed by atoms with van der Waals surface area (Å²) in [7, 11) is 0. The van der Waals surface area contributed by atoms with Crippen LogP contribution in [-0.2, 0) is 19.1 Å². The summed E-state index contributed by atoms with van der Waals surface area (Å²) in [6.45, 7) is 9.63. The third-order valence-corrected chi connectivity index (χ3v) is 9.65. The lowest BCUT2D eigenvalue weighted by molar-refractivity contribution is -0.185. The fourth-order valence-corrected chi connectivity index (χ4v) is 7.93. The number of aromatic nitrogens is 1. The average molecular weight is 494 g/mol. The Morgan fingerprint density at radius 2 is 1.83 bits per heavy atom. The van der Waals surface area contributed by atoms with E-state index in [2.05, 4.69) is 37.3 Å². The van der Waals surface area contributed by atoms with Gasteiger partial charge in [-0.15, -0.1) is 0 Å². The molecule has 3 N–H and O–H groups in total. The number of hydrogen-bond acceptors (Lipinski definition) is 7. The van der Waals surface area contributed by atoms with Crippen LogP contribution in [0.5, 0.6) is 0 Å². The summed E-state index contributed by atoms with van der Waals surface area (Å²) in [5.74, 6) is 6.75. The molecule has 0 amide bonds. The molecule has 0 radical (unpaired) electrons. The summed E-state index contributed by atoms with van der Waals surface area (Å²) in [5.41, 5.74) is 3.57. The Balaban J connectivity index is 0.000000325. The SMILES string of the molecule is CC(=O)O[C@]1(C(C)=O)CC[C@H]2[C@@H]3C=C(C)C4=CC(=O)CC[C@]4(C)[C@H]3CC[C@@]21C.NNc1ccccn1. The monoisotopic (exact) mass is 493 g/mol. The number of hydrazine groups is 1. The van der Waals surface area contributed by atoms with Gasteiger partial charge in [0.1, 0.15) is 5.82 Å². The van der Waals surface area contributed by atoms with E-state index < -0.39 is 5.60 Å². The molecule has 2 fully saturated rings. The largest absolute Gasteiger partial charge is 0.451 e. The number of nitrogen functional groups attached to an aromatic ring is 1. The summed E-state index contributed by atoms with van der Waals surface area (Å²) >= 11 is 0. The van der Waals surface area contributed by atoms with E-state index in [1.165, 1.54) is 18.1 Å². The first-order chi connectivity index (χ1) is 17.0. The van der Waals surface area contributed by atoms with Crippen molar-refractivity contribution in [2.75, 3.05) is 5.43 Å². The van der Waals surface area contributed by atoms with E-state index >= 15 is 0 Å². The molecule has 6 atom stereocenters. The van der Waals surface area contributed by atoms with E-state index in [1.807, 2.05) is 18.2 Å². The van der Waals surface area contributed by atoms with E-state index in [0.29, 0.717) is 36.4 Å². The van der Waals surface area contributed by atoms with Crippen molar-refractivity contribution in [2.24, 2.45) is 34.4 Å². The van der Waals surface area contributed by atoms with Crippen LogP contribution in [0.4, 0.5) is 5.82 Å². The Morgan fingerprint density at radius 3 is 2.42 bits per heavy atom. The topological polar surface area (TPSA) is 111 Å². The van der Waals surface area contributed by atoms with E-state index in [4.69, 9.17) is 10.6 Å². The van der Waals surface area contributed by atoms with Crippen molar-refractivity contribution in [1.29, 1.82) is 0 Å². The van der Waals surface area contributed by atoms with Crippen LogP contribution in [-0.4, -0.2) is 28.1 Å². The smallest absolute Gasteiger partial charge is 0.303 e. The number of ketones is 2. The highest BCUT2D eigenvalue weighted by Gasteiger charge is 2.67. The van der Waals surface area contributed by atoms with Gasteiger partial charge in [-0.1, -0.05) is 31.6 Å². The van der Waals surface area contributed by atoms with Gasteiger partial charge in [-0.3, -0.25) is 14.4 Å². The lowest BCUT2D eigenvalue weighted by Crippen LogP contribution is -2.58. The second kappa shape index (κ2) is 9.58. The molecule has 194 valence electrons. The van der Waals surface area contributed by atoms with Crippen molar-refractivity contribution in [1.82, 2.24) is 4.98 Å². The lowest BCUT2D eigenvalue weighted by atomic mass is 9.47. The summed E-state index contributed by atoms with van der Waals surface area (Å²) in [5, 5.41) is 0. The maximum atomic E-state index is 12.8. The lowest BCUT2D eigenvalue weighted by Gasteiger charge is -2.58. The molecule has 0 aliphatic heterocycles. The molecule has 36 heavy (non-hydrogen) atoms. The van der Waals surface area contributed by atoms with Crippen molar-refractivity contribution >= 4 is 23.4 Å². The van der Waals surface area contributed by atoms with Crippen LogP contribution in [0.3, 0.4) is 0 Å². The highest BCUT2D eigenvalue weighted by molar-refractivity contribution is 5.92. The van der Waals surface area contributed by atoms with Crippen LogP contribution >= 0.6 is 0 Å². The number of carbonyl (C=O) groups is 3. The number of nitrogens with two attached hydrogens (primary N) is 1. The van der Waals surface area contributed by atoms with Crippen LogP contribution in [0, 0.1) is 28.6 Å². The van der Waals surface area contributed by atoms with E-state index in [-0.39, 0.29) is 28.4 Å². The Bertz CT molecular complexity index is 1110.